The molecule has 0 N–H and O–H groups in total. The second-order valence-electron chi connectivity index (χ2n) is 7.63. The Morgan fingerprint density at radius 1 is 1.07 bits per heavy atom. The summed E-state index contributed by atoms with van der Waals surface area (Å²) in [6.45, 7) is 5.42. The maximum atomic E-state index is 13.7. The van der Waals surface area contributed by atoms with E-state index in [9.17, 15) is 13.2 Å². The molecule has 4 rings (SSSR count). The zero-order valence-electron chi connectivity index (χ0n) is 16.9. The number of aryl methyl sites for hydroxylation is 3. The van der Waals surface area contributed by atoms with Gasteiger partial charge in [0.15, 0.2) is 5.78 Å². The lowest BCUT2D eigenvalue weighted by Crippen LogP contribution is -2.44. The largest absolute Gasteiger partial charge is 0.294 e. The molecular formula is C22H23N3O3S. The Kier molecular flexibility index (Phi) is 4.58. The Labute approximate surface area is 170 Å². The van der Waals surface area contributed by atoms with E-state index in [0.717, 1.165) is 16.7 Å². The Balaban J connectivity index is 1.84. The molecule has 0 spiro atoms. The van der Waals surface area contributed by atoms with Gasteiger partial charge in [0, 0.05) is 36.8 Å². The number of rotatable bonds is 3. The van der Waals surface area contributed by atoms with Crippen LogP contribution in [0.2, 0.25) is 0 Å². The molecule has 1 unspecified atom stereocenters. The van der Waals surface area contributed by atoms with Gasteiger partial charge in [-0.1, -0.05) is 18.2 Å². The van der Waals surface area contributed by atoms with Crippen LogP contribution >= 0.6 is 0 Å². The fourth-order valence-corrected chi connectivity index (χ4v) is 5.96. The summed E-state index contributed by atoms with van der Waals surface area (Å²) in [5, 5.41) is 4.18. The number of sulfonamides is 1. The Hall–Kier alpha value is -2.93. The Morgan fingerprint density at radius 3 is 2.48 bits per heavy atom. The van der Waals surface area contributed by atoms with E-state index in [0.29, 0.717) is 16.8 Å². The number of anilines is 1. The van der Waals surface area contributed by atoms with Gasteiger partial charge < -0.3 is 0 Å². The van der Waals surface area contributed by atoms with Crippen molar-refractivity contribution < 1.29 is 13.2 Å². The minimum Gasteiger partial charge on any atom is -0.294 e. The van der Waals surface area contributed by atoms with E-state index >= 15 is 0 Å². The van der Waals surface area contributed by atoms with Crippen LogP contribution in [-0.2, 0) is 17.1 Å². The van der Waals surface area contributed by atoms with Gasteiger partial charge in [0.1, 0.15) is 0 Å². The lowest BCUT2D eigenvalue weighted by molar-refractivity contribution is 0.0972. The number of hydrogen-bond donors (Lipinski definition) is 0. The number of Topliss-reactive ketones (excluding diaryl/α,β-unsaturated/α-hetero) is 1. The number of fused-ring (bicyclic) bond motifs is 1. The smallest absolute Gasteiger partial charge is 0.264 e. The minimum atomic E-state index is -3.83. The van der Waals surface area contributed by atoms with Gasteiger partial charge in [-0.2, -0.15) is 5.10 Å². The highest BCUT2D eigenvalue weighted by atomic mass is 32.2. The highest BCUT2D eigenvalue weighted by Crippen LogP contribution is 2.38. The van der Waals surface area contributed by atoms with Crippen LogP contribution < -0.4 is 4.31 Å². The Bertz CT molecular complexity index is 1230. The fourth-order valence-electron chi connectivity index (χ4n) is 4.01. The summed E-state index contributed by atoms with van der Waals surface area (Å²) in [6.07, 6.45) is 3.81. The first-order valence-electron chi connectivity index (χ1n) is 9.47. The second-order valence-corrected chi connectivity index (χ2v) is 9.41. The molecule has 6 nitrogen and oxygen atoms in total. The summed E-state index contributed by atoms with van der Waals surface area (Å²) in [7, 11) is -1.99. The molecule has 0 fully saturated rings. The van der Waals surface area contributed by atoms with E-state index in [1.807, 2.05) is 32.3 Å². The molecule has 2 aromatic carbocycles. The summed E-state index contributed by atoms with van der Waals surface area (Å²) in [5.74, 6) is -0.0219. The first-order valence-corrected chi connectivity index (χ1v) is 10.9. The van der Waals surface area contributed by atoms with Crippen LogP contribution in [0.1, 0.15) is 34.8 Å². The van der Waals surface area contributed by atoms with E-state index < -0.39 is 16.1 Å². The molecule has 2 heterocycles. The summed E-state index contributed by atoms with van der Waals surface area (Å²) in [4.78, 5) is 12.7. The van der Waals surface area contributed by atoms with Crippen molar-refractivity contribution in [3.8, 4) is 11.1 Å². The summed E-state index contributed by atoms with van der Waals surface area (Å²) >= 11 is 0. The highest BCUT2D eigenvalue weighted by Gasteiger charge is 2.38. The number of para-hydroxylation sites is 1. The molecule has 1 aliphatic heterocycles. The molecular weight excluding hydrogens is 386 g/mol. The average Bonchev–Trinajstić information content (AvgIpc) is 3.08. The van der Waals surface area contributed by atoms with Gasteiger partial charge >= 0.3 is 0 Å². The second kappa shape index (κ2) is 6.84. The summed E-state index contributed by atoms with van der Waals surface area (Å²) < 4.78 is 30.5. The Morgan fingerprint density at radius 2 is 1.83 bits per heavy atom. The molecule has 150 valence electrons. The standard InChI is InChI=1S/C22H23N3O3S/c1-14-6-5-7-19-20(26)11-16(3)25(22(14)19)29(27,28)21-9-8-17(10-15(21)2)18-12-23-24(4)13-18/h5-10,12-13,16H,11H2,1-4H3. The van der Waals surface area contributed by atoms with Crippen molar-refractivity contribution in [1.82, 2.24) is 9.78 Å². The fraction of sp³-hybridized carbons (Fsp3) is 0.273. The van der Waals surface area contributed by atoms with Gasteiger partial charge in [0.05, 0.1) is 16.8 Å². The number of aromatic nitrogens is 2. The van der Waals surface area contributed by atoms with Gasteiger partial charge in [-0.15, -0.1) is 0 Å². The number of benzene rings is 2. The SMILES string of the molecule is Cc1cc(-c2cnn(C)c2)ccc1S(=O)(=O)N1c2c(C)cccc2C(=O)CC1C. The molecule has 0 bridgehead atoms. The van der Waals surface area contributed by atoms with E-state index in [-0.39, 0.29) is 17.1 Å². The van der Waals surface area contributed by atoms with Crippen LogP contribution in [0, 0.1) is 13.8 Å². The van der Waals surface area contributed by atoms with Crippen LogP contribution in [-0.4, -0.2) is 30.0 Å². The summed E-state index contributed by atoms with van der Waals surface area (Å²) in [5.41, 5.74) is 4.23. The van der Waals surface area contributed by atoms with Crippen LogP contribution in [0.5, 0.6) is 0 Å². The molecule has 0 amide bonds. The molecule has 0 radical (unpaired) electrons. The third kappa shape index (κ3) is 3.15. The molecule has 0 saturated heterocycles. The van der Waals surface area contributed by atoms with Crippen LogP contribution in [0.25, 0.3) is 11.1 Å². The molecule has 7 heteroatoms. The molecule has 3 aromatic rings. The normalized spacial score (nSPS) is 16.8. The van der Waals surface area contributed by atoms with Gasteiger partial charge in [0.2, 0.25) is 0 Å². The monoisotopic (exact) mass is 409 g/mol. The van der Waals surface area contributed by atoms with Crippen molar-refractivity contribution in [2.45, 2.75) is 38.1 Å². The molecule has 0 saturated carbocycles. The number of carbonyl (C=O) groups excluding carboxylic acids is 1. The van der Waals surface area contributed by atoms with Gasteiger partial charge in [-0.3, -0.25) is 13.8 Å². The van der Waals surface area contributed by atoms with E-state index in [1.165, 1.54) is 4.31 Å². The van der Waals surface area contributed by atoms with Crippen molar-refractivity contribution >= 4 is 21.5 Å². The van der Waals surface area contributed by atoms with Gasteiger partial charge in [-0.05, 0) is 55.7 Å². The van der Waals surface area contributed by atoms with Crippen molar-refractivity contribution in [1.29, 1.82) is 0 Å². The van der Waals surface area contributed by atoms with Gasteiger partial charge in [0.25, 0.3) is 10.0 Å². The summed E-state index contributed by atoms with van der Waals surface area (Å²) in [6, 6.07) is 10.2. The van der Waals surface area contributed by atoms with E-state index in [2.05, 4.69) is 5.10 Å². The lowest BCUT2D eigenvalue weighted by Gasteiger charge is -2.36. The van der Waals surface area contributed by atoms with Crippen LogP contribution in [0.4, 0.5) is 5.69 Å². The number of nitrogens with zero attached hydrogens (tertiary/aromatic N) is 3. The maximum absolute atomic E-state index is 13.7. The zero-order valence-corrected chi connectivity index (χ0v) is 17.7. The quantitative estimate of drug-likeness (QED) is 0.658. The predicted molar refractivity (Wildman–Crippen MR) is 113 cm³/mol. The first-order chi connectivity index (χ1) is 13.7. The van der Waals surface area contributed by atoms with Crippen molar-refractivity contribution in [2.24, 2.45) is 7.05 Å². The van der Waals surface area contributed by atoms with E-state index in [1.54, 1.807) is 49.0 Å². The predicted octanol–water partition coefficient (Wildman–Crippen LogP) is 3.87. The van der Waals surface area contributed by atoms with Crippen molar-refractivity contribution in [2.75, 3.05) is 4.31 Å². The molecule has 1 atom stereocenters. The van der Waals surface area contributed by atoms with E-state index in [4.69, 9.17) is 0 Å². The number of hydrogen-bond acceptors (Lipinski definition) is 4. The minimum absolute atomic E-state index is 0.0219. The lowest BCUT2D eigenvalue weighted by atomic mass is 9.95. The van der Waals surface area contributed by atoms with Crippen LogP contribution in [0.15, 0.2) is 53.7 Å². The maximum Gasteiger partial charge on any atom is 0.264 e. The average molecular weight is 410 g/mol. The molecule has 1 aromatic heterocycles. The molecule has 29 heavy (non-hydrogen) atoms. The molecule has 1 aliphatic rings. The number of ketones is 1. The van der Waals surface area contributed by atoms with Gasteiger partial charge in [-0.25, -0.2) is 8.42 Å². The third-order valence-corrected chi connectivity index (χ3v) is 7.46. The third-order valence-electron chi connectivity index (χ3n) is 5.39. The number of carbonyl (C=O) groups is 1. The van der Waals surface area contributed by atoms with Crippen LogP contribution in [0.3, 0.4) is 0 Å². The first kappa shape index (κ1) is 19.4. The van der Waals surface area contributed by atoms with Crippen molar-refractivity contribution in [3.63, 3.8) is 0 Å². The molecule has 0 aliphatic carbocycles. The topological polar surface area (TPSA) is 72.3 Å². The van der Waals surface area contributed by atoms with Crippen molar-refractivity contribution in [3.05, 3.63) is 65.5 Å². The highest BCUT2D eigenvalue weighted by molar-refractivity contribution is 7.93. The zero-order chi connectivity index (χ0) is 20.9.